The molecule has 3 aliphatic heterocycles. The van der Waals surface area contributed by atoms with E-state index >= 15 is 0 Å². The molecule has 0 bridgehead atoms. The van der Waals surface area contributed by atoms with Crippen LogP contribution >= 0.6 is 39.1 Å². The predicted octanol–water partition coefficient (Wildman–Crippen LogP) is 8.85. The van der Waals surface area contributed by atoms with E-state index in [0.717, 1.165) is 80.6 Å². The van der Waals surface area contributed by atoms with Crippen LogP contribution in [-0.2, 0) is 22.2 Å². The molecule has 2 fully saturated rings. The SMILES string of the molecule is CC(=O)C1=[N+](C)C=NC1.CN1CCN([C@H]2c3ccc(Cl)cc3C(Br)=Cc3cccnc32)CC1.Cn1cncc1C(C)(O)C1=Cc2cccnc2[C@@H](N2CCN(C(=O)OC(C)(C)C)CC2)c2ccc(Cl)cc21. The molecule has 2 aliphatic carbocycles. The second kappa shape index (κ2) is 21.8. The Bertz CT molecular complexity index is 2930. The molecule has 3 aromatic heterocycles. The van der Waals surface area contributed by atoms with Crippen molar-refractivity contribution in [2.45, 2.75) is 57.9 Å². The van der Waals surface area contributed by atoms with Gasteiger partial charge in [-0.3, -0.25) is 24.6 Å². The molecule has 6 heterocycles. The van der Waals surface area contributed by atoms with Crippen molar-refractivity contribution in [3.63, 3.8) is 0 Å². The summed E-state index contributed by atoms with van der Waals surface area (Å²) in [6.07, 6.45) is 12.6. The van der Waals surface area contributed by atoms with Crippen LogP contribution in [0.2, 0.25) is 10.0 Å². The van der Waals surface area contributed by atoms with Gasteiger partial charge in [-0.05, 0) is 122 Å². The fourth-order valence-corrected chi connectivity index (χ4v) is 10.7. The van der Waals surface area contributed by atoms with Gasteiger partial charge in [0, 0.05) is 93.3 Å². The van der Waals surface area contributed by atoms with Gasteiger partial charge in [-0.25, -0.2) is 14.4 Å². The molecule has 5 aliphatic rings. The average Bonchev–Trinajstić information content (AvgIpc) is 3.92. The maximum atomic E-state index is 12.7. The fourth-order valence-electron chi connectivity index (χ4n) is 9.74. The number of aliphatic hydroxyl groups is 1. The highest BCUT2D eigenvalue weighted by atomic mass is 79.9. The summed E-state index contributed by atoms with van der Waals surface area (Å²) in [6, 6.07) is 20.1. The van der Waals surface area contributed by atoms with Crippen LogP contribution in [0.15, 0.2) is 90.6 Å². The zero-order valence-electron chi connectivity index (χ0n) is 41.6. The van der Waals surface area contributed by atoms with E-state index in [9.17, 15) is 14.7 Å². The van der Waals surface area contributed by atoms with E-state index in [1.807, 2.05) is 100 Å². The van der Waals surface area contributed by atoms with Crippen molar-refractivity contribution in [3.8, 4) is 0 Å². The maximum absolute atomic E-state index is 12.7. The smallest absolute Gasteiger partial charge is 0.410 e. The summed E-state index contributed by atoms with van der Waals surface area (Å²) in [5.74, 6) is 0.106. The Hall–Kier alpha value is -5.39. The first-order chi connectivity index (χ1) is 33.8. The molecular formula is C54H62BrCl2N10O4+. The first-order valence-electron chi connectivity index (χ1n) is 23.8. The number of benzene rings is 2. The van der Waals surface area contributed by atoms with Crippen molar-refractivity contribution in [1.29, 1.82) is 0 Å². The number of nitrogens with zero attached hydrogens (tertiary/aromatic N) is 10. The predicted molar refractivity (Wildman–Crippen MR) is 286 cm³/mol. The van der Waals surface area contributed by atoms with Crippen LogP contribution in [0.1, 0.15) is 97.2 Å². The number of aromatic nitrogens is 4. The summed E-state index contributed by atoms with van der Waals surface area (Å²) in [7, 11) is 5.88. The number of amides is 1. The van der Waals surface area contributed by atoms with Gasteiger partial charge in [-0.2, -0.15) is 0 Å². The van der Waals surface area contributed by atoms with Crippen molar-refractivity contribution >= 4 is 85.3 Å². The number of hydrogen-bond donors (Lipinski definition) is 1. The first-order valence-corrected chi connectivity index (χ1v) is 25.4. The second-order valence-corrected chi connectivity index (χ2v) is 21.4. The summed E-state index contributed by atoms with van der Waals surface area (Å²) < 4.78 is 10.2. The number of rotatable bonds is 5. The number of carbonyl (C=O) groups is 2. The van der Waals surface area contributed by atoms with E-state index in [2.05, 4.69) is 65.9 Å². The number of Topliss-reactive ketones (excluding diaryl/α,β-unsaturated/α-hetero) is 1. The molecule has 372 valence electrons. The van der Waals surface area contributed by atoms with Gasteiger partial charge < -0.3 is 24.2 Å². The molecule has 0 radical (unpaired) electrons. The minimum Gasteiger partial charge on any atom is -0.444 e. The number of imidazole rings is 1. The summed E-state index contributed by atoms with van der Waals surface area (Å²) in [6.45, 7) is 16.1. The normalized spacial score (nSPS) is 20.0. The number of hydrogen-bond acceptors (Lipinski definition) is 11. The van der Waals surface area contributed by atoms with Gasteiger partial charge in [0.15, 0.2) is 18.0 Å². The topological polar surface area (TPSA) is 136 Å². The quantitative estimate of drug-likeness (QED) is 0.170. The number of halogens is 3. The molecule has 71 heavy (non-hydrogen) atoms. The Kier molecular flexibility index (Phi) is 15.9. The molecule has 1 amide bonds. The van der Waals surface area contributed by atoms with Crippen LogP contribution in [0.3, 0.4) is 0 Å². The molecule has 5 aromatic rings. The molecule has 0 saturated carbocycles. The van der Waals surface area contributed by atoms with Crippen molar-refractivity contribution in [3.05, 3.63) is 146 Å². The zero-order valence-corrected chi connectivity index (χ0v) is 44.7. The van der Waals surface area contributed by atoms with Gasteiger partial charge in [-0.15, -0.1) is 0 Å². The van der Waals surface area contributed by atoms with E-state index in [4.69, 9.17) is 37.9 Å². The number of aryl methyl sites for hydroxylation is 1. The van der Waals surface area contributed by atoms with E-state index in [1.165, 1.54) is 11.1 Å². The minimum atomic E-state index is -1.35. The van der Waals surface area contributed by atoms with E-state index in [-0.39, 0.29) is 24.0 Å². The van der Waals surface area contributed by atoms with Crippen LogP contribution < -0.4 is 0 Å². The number of ether oxygens (including phenoxy) is 1. The lowest BCUT2D eigenvalue weighted by atomic mass is 9.84. The Balaban J connectivity index is 0.000000173. The summed E-state index contributed by atoms with van der Waals surface area (Å²) in [5.41, 5.74) is 8.70. The molecule has 3 atom stereocenters. The highest BCUT2D eigenvalue weighted by molar-refractivity contribution is 9.15. The fraction of sp³-hybridized carbons (Fsp3) is 0.389. The number of likely N-dealkylation sites (N-methyl/N-ethyl adjacent to an activating group) is 1. The van der Waals surface area contributed by atoms with Crippen molar-refractivity contribution in [2.24, 2.45) is 12.0 Å². The molecule has 1 unspecified atom stereocenters. The van der Waals surface area contributed by atoms with Gasteiger partial charge in [0.1, 0.15) is 11.2 Å². The first kappa shape index (κ1) is 51.9. The second-order valence-electron chi connectivity index (χ2n) is 19.6. The Labute approximate surface area is 435 Å². The van der Waals surface area contributed by atoms with Crippen LogP contribution in [0, 0.1) is 0 Å². The highest BCUT2D eigenvalue weighted by Crippen LogP contribution is 2.47. The molecule has 0 spiro atoms. The lowest BCUT2D eigenvalue weighted by Gasteiger charge is -2.40. The van der Waals surface area contributed by atoms with E-state index in [0.29, 0.717) is 43.4 Å². The van der Waals surface area contributed by atoms with Gasteiger partial charge in [0.05, 0.1) is 48.7 Å². The molecule has 2 saturated heterocycles. The van der Waals surface area contributed by atoms with Crippen LogP contribution in [0.4, 0.5) is 4.79 Å². The minimum absolute atomic E-state index is 0.106. The number of piperazine rings is 2. The lowest BCUT2D eigenvalue weighted by molar-refractivity contribution is -0.355. The van der Waals surface area contributed by atoms with E-state index in [1.54, 1.807) is 48.4 Å². The Morgan fingerprint density at radius 3 is 1.85 bits per heavy atom. The number of pyridine rings is 2. The third-order valence-corrected chi connectivity index (χ3v) is 14.5. The molecule has 1 N–H and O–H groups in total. The van der Waals surface area contributed by atoms with Crippen molar-refractivity contribution in [1.82, 2.24) is 39.1 Å². The number of aliphatic imine (C=N–C) groups is 1. The average molecular weight is 1070 g/mol. The Morgan fingerprint density at radius 2 is 1.34 bits per heavy atom. The van der Waals surface area contributed by atoms with Crippen LogP contribution in [0.25, 0.3) is 22.2 Å². The maximum Gasteiger partial charge on any atom is 0.410 e. The lowest BCUT2D eigenvalue weighted by Crippen LogP contribution is -2.51. The van der Waals surface area contributed by atoms with Gasteiger partial charge in [0.2, 0.25) is 0 Å². The molecule has 14 nitrogen and oxygen atoms in total. The van der Waals surface area contributed by atoms with E-state index < -0.39 is 11.2 Å². The van der Waals surface area contributed by atoms with Crippen molar-refractivity contribution in [2.75, 3.05) is 73.0 Å². The molecule has 2 aromatic carbocycles. The summed E-state index contributed by atoms with van der Waals surface area (Å²) in [4.78, 5) is 50.2. The number of ketones is 1. The summed E-state index contributed by atoms with van der Waals surface area (Å²) in [5, 5.41) is 13.3. The Morgan fingerprint density at radius 1 is 0.789 bits per heavy atom. The molecular weight excluding hydrogens is 1000 g/mol. The van der Waals surface area contributed by atoms with Gasteiger partial charge >= 0.3 is 6.09 Å². The number of fused-ring (bicyclic) bond motifs is 4. The van der Waals surface area contributed by atoms with Crippen LogP contribution in [0.5, 0.6) is 0 Å². The number of carbonyl (C=O) groups excluding carboxylic acids is 2. The van der Waals surface area contributed by atoms with Gasteiger partial charge in [-0.1, -0.05) is 68.4 Å². The third-order valence-electron chi connectivity index (χ3n) is 13.4. The zero-order chi connectivity index (χ0) is 50.8. The molecule has 10 rings (SSSR count). The third kappa shape index (κ3) is 11.6. The summed E-state index contributed by atoms with van der Waals surface area (Å²) >= 11 is 16.6. The highest BCUT2D eigenvalue weighted by Gasteiger charge is 2.40. The van der Waals surface area contributed by atoms with Gasteiger partial charge in [0.25, 0.3) is 6.34 Å². The molecule has 17 heteroatoms. The standard InChI is InChI=1S/C29H34ClN5O3.C19H19BrClN3.C6H9N2O/c1-28(2,3)38-27(36)35-13-11-34(12-14-35)26-21-9-8-20(30)16-22(21)23(15-19-7-6-10-32-25(19)26)29(4,37)24-17-31-18-33(24)5;1-23-7-9-24(10-8-23)19-15-5-4-14(21)12-16(15)17(20)11-13-3-2-6-22-18(13)19;1-5(9)6-3-7-4-8(6)2/h6-10,15-18,26,37H,11-14H2,1-5H3;2-6,11-12,19H,7-10H2,1H3;4H,3H2,1-2H3/q;;+1/t26-,29?;19-;/m00./s1. The monoisotopic (exact) mass is 1060 g/mol. The van der Waals surface area contributed by atoms with Crippen molar-refractivity contribution < 1.29 is 24.0 Å². The van der Waals surface area contributed by atoms with Crippen LogP contribution in [-0.4, -0.2) is 151 Å². The largest absolute Gasteiger partial charge is 0.444 e.